The van der Waals surface area contributed by atoms with Crippen LogP contribution in [0.15, 0.2) is 24.3 Å². The van der Waals surface area contributed by atoms with Crippen LogP contribution >= 0.6 is 0 Å². The standard InChI is InChI=1S/C16H21FN6O/c1-9(2)14-20-15(22-16(21-14)23(3)4)19-12(13(18)24)10-5-7-11(17)8-6-10/h5-9,12H,1-4H3,(H2,18,24)(H,19,20,21,22). The Morgan fingerprint density at radius 2 is 1.79 bits per heavy atom. The third kappa shape index (κ3) is 4.15. The molecule has 2 aromatic rings. The van der Waals surface area contributed by atoms with E-state index in [1.807, 2.05) is 27.9 Å². The van der Waals surface area contributed by atoms with Gasteiger partial charge in [0, 0.05) is 20.0 Å². The quantitative estimate of drug-likeness (QED) is 0.838. The van der Waals surface area contributed by atoms with Gasteiger partial charge in [-0.05, 0) is 17.7 Å². The predicted octanol–water partition coefficient (Wildman–Crippen LogP) is 1.84. The van der Waals surface area contributed by atoms with E-state index in [4.69, 9.17) is 5.73 Å². The van der Waals surface area contributed by atoms with Crippen LogP contribution in [0.5, 0.6) is 0 Å². The van der Waals surface area contributed by atoms with Crippen LogP contribution < -0.4 is 16.0 Å². The highest BCUT2D eigenvalue weighted by molar-refractivity contribution is 5.84. The molecule has 0 spiro atoms. The first kappa shape index (κ1) is 17.6. The number of nitrogens with one attached hydrogen (secondary N) is 1. The largest absolute Gasteiger partial charge is 0.368 e. The van der Waals surface area contributed by atoms with Crippen molar-refractivity contribution in [2.45, 2.75) is 25.8 Å². The fraction of sp³-hybridized carbons (Fsp3) is 0.375. The van der Waals surface area contributed by atoms with E-state index in [0.29, 0.717) is 17.3 Å². The first-order valence-corrected chi connectivity index (χ1v) is 7.52. The Balaban J connectivity index is 2.38. The Bertz CT molecular complexity index is 691. The van der Waals surface area contributed by atoms with Gasteiger partial charge in [0.15, 0.2) is 0 Å². The van der Waals surface area contributed by atoms with Crippen LogP contribution in [-0.4, -0.2) is 35.0 Å². The van der Waals surface area contributed by atoms with Crippen molar-refractivity contribution < 1.29 is 9.18 Å². The van der Waals surface area contributed by atoms with E-state index in [0.717, 1.165) is 0 Å². The number of halogens is 1. The minimum absolute atomic E-state index is 0.0881. The minimum Gasteiger partial charge on any atom is -0.368 e. The highest BCUT2D eigenvalue weighted by atomic mass is 19.1. The molecule has 1 heterocycles. The summed E-state index contributed by atoms with van der Waals surface area (Å²) in [5.74, 6) is 0.395. The van der Waals surface area contributed by atoms with Crippen molar-refractivity contribution in [2.75, 3.05) is 24.3 Å². The zero-order valence-electron chi connectivity index (χ0n) is 14.1. The van der Waals surface area contributed by atoms with Crippen molar-refractivity contribution in [1.29, 1.82) is 0 Å². The zero-order valence-corrected chi connectivity index (χ0v) is 14.1. The molecule has 1 amide bonds. The summed E-state index contributed by atoms with van der Waals surface area (Å²) in [5, 5.41) is 2.92. The predicted molar refractivity (Wildman–Crippen MR) is 90.2 cm³/mol. The van der Waals surface area contributed by atoms with E-state index in [9.17, 15) is 9.18 Å². The average Bonchev–Trinajstić information content (AvgIpc) is 2.53. The van der Waals surface area contributed by atoms with E-state index in [-0.39, 0.29) is 17.7 Å². The smallest absolute Gasteiger partial charge is 0.244 e. The monoisotopic (exact) mass is 332 g/mol. The fourth-order valence-corrected chi connectivity index (χ4v) is 2.01. The molecule has 1 atom stereocenters. The number of carbonyl (C=O) groups excluding carboxylic acids is 1. The first-order chi connectivity index (χ1) is 11.3. The van der Waals surface area contributed by atoms with E-state index >= 15 is 0 Å². The van der Waals surface area contributed by atoms with Crippen molar-refractivity contribution in [3.63, 3.8) is 0 Å². The molecule has 0 bridgehead atoms. The molecule has 0 aliphatic heterocycles. The highest BCUT2D eigenvalue weighted by Gasteiger charge is 2.20. The molecule has 0 aliphatic carbocycles. The van der Waals surface area contributed by atoms with E-state index in [1.165, 1.54) is 24.3 Å². The van der Waals surface area contributed by atoms with Gasteiger partial charge >= 0.3 is 0 Å². The maximum absolute atomic E-state index is 13.1. The van der Waals surface area contributed by atoms with Gasteiger partial charge in [0.25, 0.3) is 0 Å². The van der Waals surface area contributed by atoms with Crippen molar-refractivity contribution in [3.8, 4) is 0 Å². The van der Waals surface area contributed by atoms with Crippen LogP contribution in [0.3, 0.4) is 0 Å². The van der Waals surface area contributed by atoms with Gasteiger partial charge in [0.05, 0.1) is 0 Å². The molecule has 0 saturated carbocycles. The van der Waals surface area contributed by atoms with E-state index < -0.39 is 11.9 Å². The average molecular weight is 332 g/mol. The van der Waals surface area contributed by atoms with Gasteiger partial charge in [-0.3, -0.25) is 4.79 Å². The Labute approximate surface area is 140 Å². The summed E-state index contributed by atoms with van der Waals surface area (Å²) in [5.41, 5.74) is 6.00. The second kappa shape index (κ2) is 7.20. The number of carbonyl (C=O) groups is 1. The topological polar surface area (TPSA) is 97.0 Å². The van der Waals surface area contributed by atoms with Crippen LogP contribution in [0.2, 0.25) is 0 Å². The number of anilines is 2. The van der Waals surface area contributed by atoms with Gasteiger partial charge in [0.1, 0.15) is 17.7 Å². The zero-order chi connectivity index (χ0) is 17.9. The Morgan fingerprint density at radius 3 is 2.29 bits per heavy atom. The molecule has 0 aliphatic rings. The van der Waals surface area contributed by atoms with Gasteiger partial charge < -0.3 is 16.0 Å². The summed E-state index contributed by atoms with van der Waals surface area (Å²) in [6.45, 7) is 3.92. The summed E-state index contributed by atoms with van der Waals surface area (Å²) in [4.78, 5) is 26.6. The summed E-state index contributed by atoms with van der Waals surface area (Å²) < 4.78 is 13.1. The first-order valence-electron chi connectivity index (χ1n) is 7.52. The Hall–Kier alpha value is -2.77. The number of benzene rings is 1. The molecule has 0 fully saturated rings. The second-order valence-electron chi connectivity index (χ2n) is 5.90. The molecule has 1 aromatic carbocycles. The summed E-state index contributed by atoms with van der Waals surface area (Å²) in [6, 6.07) is 4.66. The summed E-state index contributed by atoms with van der Waals surface area (Å²) in [6.07, 6.45) is 0. The number of aromatic nitrogens is 3. The lowest BCUT2D eigenvalue weighted by Gasteiger charge is -2.18. The molecule has 8 heteroatoms. The van der Waals surface area contributed by atoms with Crippen molar-refractivity contribution >= 4 is 17.8 Å². The Morgan fingerprint density at radius 1 is 1.17 bits per heavy atom. The number of hydrogen-bond donors (Lipinski definition) is 2. The van der Waals surface area contributed by atoms with E-state index in [2.05, 4.69) is 20.3 Å². The molecule has 2 rings (SSSR count). The second-order valence-corrected chi connectivity index (χ2v) is 5.90. The molecular weight excluding hydrogens is 311 g/mol. The fourth-order valence-electron chi connectivity index (χ4n) is 2.01. The van der Waals surface area contributed by atoms with Gasteiger partial charge in [-0.25, -0.2) is 4.39 Å². The van der Waals surface area contributed by atoms with Crippen molar-refractivity contribution in [3.05, 3.63) is 41.5 Å². The normalized spacial score (nSPS) is 12.1. The van der Waals surface area contributed by atoms with Crippen molar-refractivity contribution in [2.24, 2.45) is 5.73 Å². The third-order valence-electron chi connectivity index (χ3n) is 3.32. The minimum atomic E-state index is -0.872. The molecule has 7 nitrogen and oxygen atoms in total. The lowest BCUT2D eigenvalue weighted by Crippen LogP contribution is -2.29. The van der Waals surface area contributed by atoms with Crippen LogP contribution in [0, 0.1) is 5.82 Å². The number of nitrogens with zero attached hydrogens (tertiary/aromatic N) is 4. The molecule has 1 aromatic heterocycles. The molecule has 128 valence electrons. The SMILES string of the molecule is CC(C)c1nc(NC(C(N)=O)c2ccc(F)cc2)nc(N(C)C)n1. The summed E-state index contributed by atoms with van der Waals surface area (Å²) in [7, 11) is 3.63. The molecule has 3 N–H and O–H groups in total. The van der Waals surface area contributed by atoms with Crippen LogP contribution in [0.25, 0.3) is 0 Å². The maximum atomic E-state index is 13.1. The van der Waals surface area contributed by atoms with Crippen LogP contribution in [-0.2, 0) is 4.79 Å². The van der Waals surface area contributed by atoms with Crippen molar-refractivity contribution in [1.82, 2.24) is 15.0 Å². The van der Waals surface area contributed by atoms with Gasteiger partial charge in [0.2, 0.25) is 17.8 Å². The maximum Gasteiger partial charge on any atom is 0.244 e. The lowest BCUT2D eigenvalue weighted by molar-refractivity contribution is -0.118. The number of nitrogens with two attached hydrogens (primary N) is 1. The van der Waals surface area contributed by atoms with Gasteiger partial charge in [-0.2, -0.15) is 15.0 Å². The third-order valence-corrected chi connectivity index (χ3v) is 3.32. The molecular formula is C16H21FN6O. The number of primary amides is 1. The van der Waals surface area contributed by atoms with Gasteiger partial charge in [-0.1, -0.05) is 26.0 Å². The molecule has 24 heavy (non-hydrogen) atoms. The van der Waals surface area contributed by atoms with Crippen LogP contribution in [0.4, 0.5) is 16.3 Å². The number of amides is 1. The Kier molecular flexibility index (Phi) is 5.28. The van der Waals surface area contributed by atoms with Crippen LogP contribution in [0.1, 0.15) is 37.2 Å². The lowest BCUT2D eigenvalue weighted by atomic mass is 10.1. The highest BCUT2D eigenvalue weighted by Crippen LogP contribution is 2.20. The number of hydrogen-bond acceptors (Lipinski definition) is 6. The molecule has 0 radical (unpaired) electrons. The van der Waals surface area contributed by atoms with E-state index in [1.54, 1.807) is 4.90 Å². The molecule has 1 unspecified atom stereocenters. The number of rotatable bonds is 6. The molecule has 0 saturated heterocycles. The summed E-state index contributed by atoms with van der Waals surface area (Å²) >= 11 is 0. The van der Waals surface area contributed by atoms with Gasteiger partial charge in [-0.15, -0.1) is 0 Å².